The second kappa shape index (κ2) is 7.22. The Balaban J connectivity index is 1.66. The van der Waals surface area contributed by atoms with Crippen LogP contribution in [0.2, 0.25) is 5.02 Å². The molecule has 7 heteroatoms. The van der Waals surface area contributed by atoms with E-state index >= 15 is 0 Å². The van der Waals surface area contributed by atoms with Crippen LogP contribution in [0.3, 0.4) is 0 Å². The molecule has 0 saturated heterocycles. The van der Waals surface area contributed by atoms with Gasteiger partial charge in [0.2, 0.25) is 0 Å². The molecule has 3 aromatic rings. The minimum Gasteiger partial charge on any atom is -0.336 e. The van der Waals surface area contributed by atoms with Gasteiger partial charge in [0.15, 0.2) is 0 Å². The highest BCUT2D eigenvalue weighted by Crippen LogP contribution is 2.29. The number of imidazole rings is 1. The molecule has 142 valence electrons. The average Bonchev–Trinajstić information content (AvgIpc) is 3.21. The van der Waals surface area contributed by atoms with Gasteiger partial charge in [-0.25, -0.2) is 4.98 Å². The van der Waals surface area contributed by atoms with Crippen LogP contribution in [0, 0.1) is 0 Å². The predicted molar refractivity (Wildman–Crippen MR) is 106 cm³/mol. The average molecular weight is 395 g/mol. The van der Waals surface area contributed by atoms with Crippen LogP contribution in [0.15, 0.2) is 60.9 Å². The molecule has 0 aliphatic carbocycles. The van der Waals surface area contributed by atoms with E-state index in [0.29, 0.717) is 16.1 Å². The summed E-state index contributed by atoms with van der Waals surface area (Å²) in [5.74, 6) is 0.255. The Bertz CT molecular complexity index is 1010. The van der Waals surface area contributed by atoms with Crippen molar-refractivity contribution in [3.63, 3.8) is 0 Å². The smallest absolute Gasteiger partial charge is 0.262 e. The summed E-state index contributed by atoms with van der Waals surface area (Å²) < 4.78 is 1.93. The van der Waals surface area contributed by atoms with Crippen LogP contribution in [0.1, 0.15) is 38.1 Å². The van der Waals surface area contributed by atoms with Crippen molar-refractivity contribution in [2.45, 2.75) is 6.04 Å². The zero-order valence-corrected chi connectivity index (χ0v) is 16.3. The molecule has 0 unspecified atom stereocenters. The summed E-state index contributed by atoms with van der Waals surface area (Å²) in [6.07, 6.45) is 3.60. The minimum atomic E-state index is -0.276. The lowest BCUT2D eigenvalue weighted by Gasteiger charge is -2.31. The molecule has 1 aliphatic heterocycles. The number of hydrogen-bond acceptors (Lipinski definition) is 4. The van der Waals surface area contributed by atoms with Crippen LogP contribution in [-0.2, 0) is 7.05 Å². The van der Waals surface area contributed by atoms with Gasteiger partial charge < -0.3 is 4.57 Å². The summed E-state index contributed by atoms with van der Waals surface area (Å²) in [7, 11) is 3.79. The van der Waals surface area contributed by atoms with Gasteiger partial charge in [0.05, 0.1) is 23.8 Å². The first-order chi connectivity index (χ1) is 13.5. The fraction of sp³-hybridized carbons (Fsp3) is 0.190. The van der Waals surface area contributed by atoms with Gasteiger partial charge in [-0.3, -0.25) is 19.4 Å². The van der Waals surface area contributed by atoms with Gasteiger partial charge >= 0.3 is 0 Å². The standard InChI is InChI=1S/C21H19ClN4O2/c1-24-12-11-23-19(24)18(14-7-9-15(22)10-8-14)25(2)13-26-20(27)16-5-3-4-6-17(16)21(26)28/h3-12,18H,13H2,1-2H3/t18-/m0/s1. The van der Waals surface area contributed by atoms with Gasteiger partial charge in [-0.2, -0.15) is 0 Å². The molecule has 4 rings (SSSR count). The molecule has 2 heterocycles. The molecule has 0 spiro atoms. The summed E-state index contributed by atoms with van der Waals surface area (Å²) in [5.41, 5.74) is 1.86. The van der Waals surface area contributed by atoms with E-state index in [1.165, 1.54) is 4.90 Å². The monoisotopic (exact) mass is 394 g/mol. The maximum Gasteiger partial charge on any atom is 0.262 e. The van der Waals surface area contributed by atoms with Gasteiger partial charge in [0, 0.05) is 24.5 Å². The molecule has 1 aliphatic rings. The van der Waals surface area contributed by atoms with E-state index in [-0.39, 0.29) is 24.5 Å². The van der Waals surface area contributed by atoms with Gasteiger partial charge in [-0.15, -0.1) is 0 Å². The highest BCUT2D eigenvalue weighted by atomic mass is 35.5. The summed E-state index contributed by atoms with van der Waals surface area (Å²) in [6, 6.07) is 14.2. The highest BCUT2D eigenvalue weighted by Gasteiger charge is 2.37. The topological polar surface area (TPSA) is 58.4 Å². The largest absolute Gasteiger partial charge is 0.336 e. The number of aromatic nitrogens is 2. The van der Waals surface area contributed by atoms with Crippen molar-refractivity contribution in [2.24, 2.45) is 7.05 Å². The van der Waals surface area contributed by atoms with Crippen LogP contribution in [0.25, 0.3) is 0 Å². The maximum absolute atomic E-state index is 12.7. The zero-order valence-electron chi connectivity index (χ0n) is 15.5. The Kier molecular flexibility index (Phi) is 4.75. The van der Waals surface area contributed by atoms with Crippen molar-refractivity contribution >= 4 is 23.4 Å². The van der Waals surface area contributed by atoms with E-state index in [9.17, 15) is 9.59 Å². The minimum absolute atomic E-state index is 0.145. The first kappa shape index (κ1) is 18.4. The number of imide groups is 1. The molecular weight excluding hydrogens is 376 g/mol. The quantitative estimate of drug-likeness (QED) is 0.623. The van der Waals surface area contributed by atoms with Crippen LogP contribution in [-0.4, -0.2) is 44.9 Å². The van der Waals surface area contributed by atoms with Gasteiger partial charge in [-0.1, -0.05) is 35.9 Å². The Morgan fingerprint density at radius 1 is 1.04 bits per heavy atom. The van der Waals surface area contributed by atoms with Gasteiger partial charge in [-0.05, 0) is 36.9 Å². The highest BCUT2D eigenvalue weighted by molar-refractivity contribution is 6.30. The molecule has 0 radical (unpaired) electrons. The number of amides is 2. The number of nitrogens with zero attached hydrogens (tertiary/aromatic N) is 4. The van der Waals surface area contributed by atoms with Crippen molar-refractivity contribution in [1.82, 2.24) is 19.4 Å². The third-order valence-corrected chi connectivity index (χ3v) is 5.22. The summed E-state index contributed by atoms with van der Waals surface area (Å²) in [6.45, 7) is 0.145. The fourth-order valence-electron chi connectivity index (χ4n) is 3.56. The Morgan fingerprint density at radius 2 is 1.64 bits per heavy atom. The number of benzene rings is 2. The third kappa shape index (κ3) is 3.10. The van der Waals surface area contributed by atoms with E-state index in [1.54, 1.807) is 30.5 Å². The van der Waals surface area contributed by atoms with Crippen molar-refractivity contribution in [2.75, 3.05) is 13.7 Å². The lowest BCUT2D eigenvalue weighted by atomic mass is 10.1. The Hall–Kier alpha value is -2.96. The maximum atomic E-state index is 12.7. The van der Waals surface area contributed by atoms with Crippen molar-refractivity contribution in [3.05, 3.63) is 88.5 Å². The van der Waals surface area contributed by atoms with Crippen molar-refractivity contribution < 1.29 is 9.59 Å². The molecule has 1 atom stereocenters. The Morgan fingerprint density at radius 3 is 2.18 bits per heavy atom. The second-order valence-corrected chi connectivity index (χ2v) is 7.27. The Labute approximate surface area is 168 Å². The van der Waals surface area contributed by atoms with Gasteiger partial charge in [0.25, 0.3) is 11.8 Å². The molecular formula is C21H19ClN4O2. The molecule has 0 bridgehead atoms. The molecule has 0 fully saturated rings. The predicted octanol–water partition coefficient (Wildman–Crippen LogP) is 3.35. The number of carbonyl (C=O) groups excluding carboxylic acids is 2. The van der Waals surface area contributed by atoms with E-state index in [1.807, 2.05) is 54.0 Å². The van der Waals surface area contributed by atoms with Crippen LogP contribution < -0.4 is 0 Å². The molecule has 28 heavy (non-hydrogen) atoms. The van der Waals surface area contributed by atoms with E-state index in [0.717, 1.165) is 11.4 Å². The number of aryl methyl sites for hydroxylation is 1. The molecule has 0 N–H and O–H groups in total. The van der Waals surface area contributed by atoms with Crippen molar-refractivity contribution in [1.29, 1.82) is 0 Å². The molecule has 2 amide bonds. The number of carbonyl (C=O) groups is 2. The first-order valence-corrected chi connectivity index (χ1v) is 9.23. The normalized spacial score (nSPS) is 14.6. The van der Waals surface area contributed by atoms with Crippen LogP contribution in [0.5, 0.6) is 0 Å². The lowest BCUT2D eigenvalue weighted by Crippen LogP contribution is -2.41. The summed E-state index contributed by atoms with van der Waals surface area (Å²) >= 11 is 6.05. The van der Waals surface area contributed by atoms with Crippen molar-refractivity contribution in [3.8, 4) is 0 Å². The second-order valence-electron chi connectivity index (χ2n) is 6.83. The third-order valence-electron chi connectivity index (χ3n) is 4.97. The number of hydrogen-bond donors (Lipinski definition) is 0. The summed E-state index contributed by atoms with van der Waals surface area (Å²) in [4.78, 5) is 33.2. The lowest BCUT2D eigenvalue weighted by molar-refractivity contribution is 0.0535. The molecule has 6 nitrogen and oxygen atoms in total. The molecule has 0 saturated carbocycles. The first-order valence-electron chi connectivity index (χ1n) is 8.85. The molecule has 1 aromatic heterocycles. The molecule has 2 aromatic carbocycles. The van der Waals surface area contributed by atoms with E-state index in [2.05, 4.69) is 4.98 Å². The van der Waals surface area contributed by atoms with E-state index in [4.69, 9.17) is 11.6 Å². The summed E-state index contributed by atoms with van der Waals surface area (Å²) in [5, 5.41) is 0.644. The zero-order chi connectivity index (χ0) is 19.8. The number of rotatable bonds is 5. The van der Waals surface area contributed by atoms with Crippen LogP contribution >= 0.6 is 11.6 Å². The number of fused-ring (bicyclic) bond motifs is 1. The van der Waals surface area contributed by atoms with E-state index < -0.39 is 0 Å². The van der Waals surface area contributed by atoms with Gasteiger partial charge in [0.1, 0.15) is 5.82 Å². The SMILES string of the molecule is CN(CN1C(=O)c2ccccc2C1=O)[C@@H](c1ccc(Cl)cc1)c1nccn1C. The fourth-order valence-corrected chi connectivity index (χ4v) is 3.68. The number of halogens is 1. The van der Waals surface area contributed by atoms with Crippen LogP contribution in [0.4, 0.5) is 0 Å².